The predicted octanol–water partition coefficient (Wildman–Crippen LogP) is 13.3. The van der Waals surface area contributed by atoms with Crippen molar-refractivity contribution < 1.29 is 4.42 Å². The van der Waals surface area contributed by atoms with E-state index < -0.39 is 0 Å². The molecule has 0 amide bonds. The molecule has 0 N–H and O–H groups in total. The average Bonchev–Trinajstić information content (AvgIpc) is 3.89. The van der Waals surface area contributed by atoms with Crippen LogP contribution in [0.15, 0.2) is 211 Å². The van der Waals surface area contributed by atoms with E-state index in [1.54, 1.807) is 0 Å². The lowest BCUT2D eigenvalue weighted by Crippen LogP contribution is -2.10. The Morgan fingerprint density at radius 2 is 0.800 bits per heavy atom. The lowest BCUT2D eigenvalue weighted by molar-refractivity contribution is 0.584. The van der Waals surface area contributed by atoms with Crippen LogP contribution in [-0.2, 0) is 0 Å². The third-order valence-corrected chi connectivity index (χ3v) is 10.2. The van der Waals surface area contributed by atoms with Gasteiger partial charge in [0.1, 0.15) is 0 Å². The van der Waals surface area contributed by atoms with E-state index in [4.69, 9.17) is 4.42 Å². The highest BCUT2D eigenvalue weighted by Crippen LogP contribution is 2.39. The lowest BCUT2D eigenvalue weighted by Gasteiger charge is -2.26. The van der Waals surface area contributed by atoms with E-state index in [1.165, 1.54) is 32.9 Å². The van der Waals surface area contributed by atoms with Crippen molar-refractivity contribution in [2.75, 3.05) is 4.90 Å². The number of anilines is 3. The smallest absolute Gasteiger partial charge is 0.248 e. The fraction of sp³-hybridized carbons (Fsp3) is 0. The second-order valence-corrected chi connectivity index (χ2v) is 13.5. The summed E-state index contributed by atoms with van der Waals surface area (Å²) < 4.78 is 8.45. The summed E-state index contributed by atoms with van der Waals surface area (Å²) >= 11 is 0. The Kier molecular flexibility index (Phi) is 8.08. The van der Waals surface area contributed by atoms with E-state index in [1.807, 2.05) is 42.5 Å². The second kappa shape index (κ2) is 13.8. The highest BCUT2D eigenvalue weighted by atomic mass is 16.4. The van der Waals surface area contributed by atoms with Crippen LogP contribution in [0.25, 0.3) is 72.7 Å². The first-order valence-electron chi connectivity index (χ1n) is 18.4. The Labute approximate surface area is 319 Å². The third-order valence-electron chi connectivity index (χ3n) is 10.2. The van der Waals surface area contributed by atoms with Gasteiger partial charge in [0.05, 0.1) is 11.0 Å². The number of nitrogens with zero attached hydrogens (tertiary/aromatic N) is 4. The zero-order valence-corrected chi connectivity index (χ0v) is 29.8. The van der Waals surface area contributed by atoms with E-state index >= 15 is 0 Å². The SMILES string of the molecule is c1ccc(-c2cccc(-c3cccc(N(c4ccc(-c5nnc(-c6ccccc6)o5)cc4)c4ccc(-n5c6ccccc6c6ccccc65)cc4)c3)c2)cc1. The minimum absolute atomic E-state index is 0.479. The van der Waals surface area contributed by atoms with Crippen LogP contribution in [-0.4, -0.2) is 14.8 Å². The van der Waals surface area contributed by atoms with Gasteiger partial charge in [-0.15, -0.1) is 10.2 Å². The normalized spacial score (nSPS) is 11.3. The van der Waals surface area contributed by atoms with Crippen LogP contribution in [0.1, 0.15) is 0 Å². The van der Waals surface area contributed by atoms with E-state index in [-0.39, 0.29) is 0 Å². The fourth-order valence-electron chi connectivity index (χ4n) is 7.52. The Bertz CT molecular complexity index is 2860. The van der Waals surface area contributed by atoms with Crippen LogP contribution in [0.2, 0.25) is 0 Å². The van der Waals surface area contributed by atoms with Crippen molar-refractivity contribution in [1.82, 2.24) is 14.8 Å². The molecule has 8 aromatic carbocycles. The average molecular weight is 707 g/mol. The van der Waals surface area contributed by atoms with E-state index in [0.29, 0.717) is 11.8 Å². The summed E-state index contributed by atoms with van der Waals surface area (Å²) in [6.07, 6.45) is 0. The largest absolute Gasteiger partial charge is 0.416 e. The summed E-state index contributed by atoms with van der Waals surface area (Å²) in [7, 11) is 0. The minimum Gasteiger partial charge on any atom is -0.416 e. The van der Waals surface area contributed by atoms with Gasteiger partial charge in [-0.05, 0) is 113 Å². The molecule has 5 nitrogen and oxygen atoms in total. The molecule has 0 aliphatic carbocycles. The van der Waals surface area contributed by atoms with Crippen molar-refractivity contribution in [3.8, 4) is 50.8 Å². The van der Waals surface area contributed by atoms with Crippen LogP contribution in [0.3, 0.4) is 0 Å². The van der Waals surface area contributed by atoms with Crippen LogP contribution in [0.5, 0.6) is 0 Å². The first-order chi connectivity index (χ1) is 27.3. The maximum absolute atomic E-state index is 6.10. The molecule has 0 spiro atoms. The van der Waals surface area contributed by atoms with Gasteiger partial charge in [0.15, 0.2) is 0 Å². The van der Waals surface area contributed by atoms with Crippen molar-refractivity contribution in [1.29, 1.82) is 0 Å². The molecule has 5 heteroatoms. The Balaban J connectivity index is 1.06. The molecule has 10 aromatic rings. The number of benzene rings is 8. The number of hydrogen-bond acceptors (Lipinski definition) is 4. The van der Waals surface area contributed by atoms with Gasteiger partial charge in [0.2, 0.25) is 11.8 Å². The molecule has 10 rings (SSSR count). The Morgan fingerprint density at radius 1 is 0.345 bits per heavy atom. The molecule has 2 aromatic heterocycles. The van der Waals surface area contributed by atoms with Gasteiger partial charge in [-0.25, -0.2) is 0 Å². The maximum atomic E-state index is 6.10. The highest BCUT2D eigenvalue weighted by molar-refractivity contribution is 6.09. The number of hydrogen-bond donors (Lipinski definition) is 0. The van der Waals surface area contributed by atoms with Crippen LogP contribution in [0, 0.1) is 0 Å². The van der Waals surface area contributed by atoms with Crippen molar-refractivity contribution in [3.63, 3.8) is 0 Å². The quantitative estimate of drug-likeness (QED) is 0.158. The minimum atomic E-state index is 0.479. The molecule has 0 saturated heterocycles. The lowest BCUT2D eigenvalue weighted by atomic mass is 9.98. The van der Waals surface area contributed by atoms with Crippen molar-refractivity contribution >= 4 is 38.9 Å². The topological polar surface area (TPSA) is 47.1 Å². The van der Waals surface area contributed by atoms with Gasteiger partial charge >= 0.3 is 0 Å². The van der Waals surface area contributed by atoms with Crippen molar-refractivity contribution in [3.05, 3.63) is 206 Å². The molecule has 2 heterocycles. The van der Waals surface area contributed by atoms with Gasteiger partial charge in [0.25, 0.3) is 0 Å². The standard InChI is InChI=1S/C50H34N4O/c1-3-13-35(14-4-1)38-17-11-18-39(33-38)40-19-12-20-44(34-40)53(41-27-25-37(26-28-41)50-52-51-49(55-50)36-15-5-2-6-16-36)42-29-31-43(32-30-42)54-47-23-9-7-21-45(47)46-22-8-10-24-48(46)54/h1-34H. The molecular weight excluding hydrogens is 673 g/mol. The Hall–Kier alpha value is -7.50. The maximum Gasteiger partial charge on any atom is 0.248 e. The summed E-state index contributed by atoms with van der Waals surface area (Å²) in [6, 6.07) is 72.3. The molecule has 0 aliphatic heterocycles. The molecule has 0 radical (unpaired) electrons. The summed E-state index contributed by atoms with van der Waals surface area (Å²) in [6.45, 7) is 0. The number of rotatable bonds is 8. The zero-order valence-electron chi connectivity index (χ0n) is 29.8. The summed E-state index contributed by atoms with van der Waals surface area (Å²) in [4.78, 5) is 2.30. The fourth-order valence-corrected chi connectivity index (χ4v) is 7.52. The van der Waals surface area contributed by atoms with Crippen molar-refractivity contribution in [2.24, 2.45) is 0 Å². The first-order valence-corrected chi connectivity index (χ1v) is 18.4. The van der Waals surface area contributed by atoms with E-state index in [2.05, 4.69) is 183 Å². The van der Waals surface area contributed by atoms with Crippen molar-refractivity contribution in [2.45, 2.75) is 0 Å². The molecule has 0 unspecified atom stereocenters. The number of para-hydroxylation sites is 2. The molecule has 55 heavy (non-hydrogen) atoms. The molecule has 0 atom stereocenters. The van der Waals surface area contributed by atoms with Gasteiger partial charge in [-0.1, -0.05) is 115 Å². The van der Waals surface area contributed by atoms with Crippen LogP contribution in [0.4, 0.5) is 17.1 Å². The van der Waals surface area contributed by atoms with E-state index in [0.717, 1.165) is 45.0 Å². The number of aromatic nitrogens is 3. The third kappa shape index (κ3) is 6.04. The van der Waals surface area contributed by atoms with Gasteiger partial charge < -0.3 is 13.9 Å². The predicted molar refractivity (Wildman–Crippen MR) is 225 cm³/mol. The molecule has 0 saturated carbocycles. The molecular formula is C50H34N4O. The zero-order chi connectivity index (χ0) is 36.6. The van der Waals surface area contributed by atoms with Gasteiger partial charge in [0, 0.05) is 44.6 Å². The monoisotopic (exact) mass is 706 g/mol. The highest BCUT2D eigenvalue weighted by Gasteiger charge is 2.17. The van der Waals surface area contributed by atoms with Gasteiger partial charge in [-0.2, -0.15) is 0 Å². The summed E-state index contributed by atoms with van der Waals surface area (Å²) in [5.74, 6) is 0.977. The van der Waals surface area contributed by atoms with Crippen LogP contribution < -0.4 is 4.90 Å². The molecule has 0 aliphatic rings. The first kappa shape index (κ1) is 32.2. The second-order valence-electron chi connectivity index (χ2n) is 13.5. The van der Waals surface area contributed by atoms with Gasteiger partial charge in [-0.3, -0.25) is 0 Å². The summed E-state index contributed by atoms with van der Waals surface area (Å²) in [5, 5.41) is 11.2. The Morgan fingerprint density at radius 3 is 1.42 bits per heavy atom. The molecule has 0 bridgehead atoms. The van der Waals surface area contributed by atoms with E-state index in [9.17, 15) is 0 Å². The number of fused-ring (bicyclic) bond motifs is 3. The summed E-state index contributed by atoms with van der Waals surface area (Å²) in [5.41, 5.74) is 13.0. The molecule has 0 fully saturated rings. The molecule has 260 valence electrons. The van der Waals surface area contributed by atoms with Crippen LogP contribution >= 0.6 is 0 Å².